The molecule has 0 fully saturated rings. The Morgan fingerprint density at radius 1 is 1.35 bits per heavy atom. The van der Waals surface area contributed by atoms with Crippen LogP contribution in [0.4, 0.5) is 0 Å². The molecule has 120 valence electrons. The number of rotatable bonds is 7. The molecule has 0 radical (unpaired) electrons. The molecule has 0 atom stereocenters. The standard InChI is InChI=1S/C15H14BrN3O2S2/c1-10-17-12(9-23-10)8-14-18-19-15(21-14)22-6-5-20-13-4-2-3-11(16)7-13/h2-4,7,9H,5-6,8H2,1H3. The van der Waals surface area contributed by atoms with E-state index in [1.165, 1.54) is 11.8 Å². The van der Waals surface area contributed by atoms with Gasteiger partial charge in [-0.1, -0.05) is 33.8 Å². The van der Waals surface area contributed by atoms with E-state index in [0.29, 0.717) is 24.1 Å². The number of thiazole rings is 1. The molecule has 3 rings (SSSR count). The van der Waals surface area contributed by atoms with E-state index in [1.807, 2.05) is 36.6 Å². The Bertz CT molecular complexity index is 775. The third-order valence-corrected chi connectivity index (χ3v) is 4.92. The van der Waals surface area contributed by atoms with Crippen LogP contribution < -0.4 is 4.74 Å². The summed E-state index contributed by atoms with van der Waals surface area (Å²) in [7, 11) is 0. The summed E-state index contributed by atoms with van der Waals surface area (Å²) in [5.74, 6) is 2.17. The van der Waals surface area contributed by atoms with Crippen molar-refractivity contribution in [2.24, 2.45) is 0 Å². The molecule has 0 aliphatic heterocycles. The lowest BCUT2D eigenvalue weighted by Gasteiger charge is -2.04. The molecule has 0 saturated carbocycles. The van der Waals surface area contributed by atoms with Gasteiger partial charge in [-0.05, 0) is 25.1 Å². The molecule has 0 unspecified atom stereocenters. The van der Waals surface area contributed by atoms with Gasteiger partial charge in [-0.15, -0.1) is 21.5 Å². The van der Waals surface area contributed by atoms with Crippen molar-refractivity contribution in [2.75, 3.05) is 12.4 Å². The minimum absolute atomic E-state index is 0.560. The summed E-state index contributed by atoms with van der Waals surface area (Å²) in [6.07, 6.45) is 0.576. The van der Waals surface area contributed by atoms with E-state index in [9.17, 15) is 0 Å². The average molecular weight is 412 g/mol. The lowest BCUT2D eigenvalue weighted by Crippen LogP contribution is -1.99. The fourth-order valence-electron chi connectivity index (χ4n) is 1.86. The number of hydrogen-bond donors (Lipinski definition) is 0. The predicted molar refractivity (Wildman–Crippen MR) is 94.3 cm³/mol. The minimum Gasteiger partial charge on any atom is -0.493 e. The molecule has 0 aliphatic rings. The zero-order valence-corrected chi connectivity index (χ0v) is 15.6. The van der Waals surface area contributed by atoms with Crippen LogP contribution in [0, 0.1) is 6.92 Å². The Hall–Kier alpha value is -1.38. The summed E-state index contributed by atoms with van der Waals surface area (Å²) >= 11 is 6.52. The third-order valence-electron chi connectivity index (χ3n) is 2.82. The minimum atomic E-state index is 0.560. The van der Waals surface area contributed by atoms with Crippen molar-refractivity contribution in [3.05, 3.63) is 50.7 Å². The summed E-state index contributed by atoms with van der Waals surface area (Å²) in [5, 5.41) is 11.7. The first-order chi connectivity index (χ1) is 11.2. The summed E-state index contributed by atoms with van der Waals surface area (Å²) in [5.41, 5.74) is 0.964. The van der Waals surface area contributed by atoms with Gasteiger partial charge in [0.05, 0.1) is 23.7 Å². The Labute approximate surface area is 150 Å². The molecule has 0 bridgehead atoms. The number of benzene rings is 1. The van der Waals surface area contributed by atoms with E-state index in [-0.39, 0.29) is 0 Å². The van der Waals surface area contributed by atoms with Crippen molar-refractivity contribution in [1.29, 1.82) is 0 Å². The predicted octanol–water partition coefficient (Wildman–Crippen LogP) is 4.36. The van der Waals surface area contributed by atoms with Crippen LogP contribution in [0.2, 0.25) is 0 Å². The van der Waals surface area contributed by atoms with E-state index in [2.05, 4.69) is 31.1 Å². The van der Waals surface area contributed by atoms with Crippen LogP contribution in [0.15, 0.2) is 43.8 Å². The van der Waals surface area contributed by atoms with Crippen LogP contribution >= 0.6 is 39.0 Å². The number of ether oxygens (including phenoxy) is 1. The molecule has 23 heavy (non-hydrogen) atoms. The topological polar surface area (TPSA) is 61.0 Å². The first-order valence-corrected chi connectivity index (χ1v) is 9.59. The van der Waals surface area contributed by atoms with E-state index in [1.54, 1.807) is 11.3 Å². The Morgan fingerprint density at radius 2 is 2.26 bits per heavy atom. The van der Waals surface area contributed by atoms with Crippen LogP contribution in [0.1, 0.15) is 16.6 Å². The maximum Gasteiger partial charge on any atom is 0.276 e. The van der Waals surface area contributed by atoms with Crippen molar-refractivity contribution in [1.82, 2.24) is 15.2 Å². The highest BCUT2D eigenvalue weighted by atomic mass is 79.9. The lowest BCUT2D eigenvalue weighted by atomic mass is 10.3. The Kier molecular flexibility index (Phi) is 5.69. The van der Waals surface area contributed by atoms with Crippen LogP contribution in [-0.2, 0) is 6.42 Å². The number of aromatic nitrogens is 3. The molecular formula is C15H14BrN3O2S2. The van der Waals surface area contributed by atoms with Crippen LogP contribution in [-0.4, -0.2) is 27.5 Å². The Morgan fingerprint density at radius 3 is 3.04 bits per heavy atom. The van der Waals surface area contributed by atoms with Crippen molar-refractivity contribution in [3.63, 3.8) is 0 Å². The SMILES string of the molecule is Cc1nc(Cc2nnc(SCCOc3cccc(Br)c3)o2)cs1. The van der Waals surface area contributed by atoms with Crippen molar-refractivity contribution < 1.29 is 9.15 Å². The van der Waals surface area contributed by atoms with Gasteiger partial charge in [0.15, 0.2) is 0 Å². The first-order valence-electron chi connectivity index (χ1n) is 6.93. The van der Waals surface area contributed by atoms with E-state index < -0.39 is 0 Å². The fourth-order valence-corrected chi connectivity index (χ4v) is 3.44. The van der Waals surface area contributed by atoms with Gasteiger partial charge in [0, 0.05) is 15.6 Å². The summed E-state index contributed by atoms with van der Waals surface area (Å²) in [4.78, 5) is 4.39. The van der Waals surface area contributed by atoms with Gasteiger partial charge in [0.25, 0.3) is 5.22 Å². The fraction of sp³-hybridized carbons (Fsp3) is 0.267. The molecule has 0 spiro atoms. The van der Waals surface area contributed by atoms with E-state index in [0.717, 1.165) is 26.7 Å². The van der Waals surface area contributed by atoms with Crippen LogP contribution in [0.25, 0.3) is 0 Å². The molecule has 8 heteroatoms. The second kappa shape index (κ2) is 7.94. The van der Waals surface area contributed by atoms with Crippen molar-refractivity contribution in [3.8, 4) is 5.75 Å². The van der Waals surface area contributed by atoms with Gasteiger partial charge in [0.2, 0.25) is 5.89 Å². The molecular weight excluding hydrogens is 398 g/mol. The molecule has 0 aliphatic carbocycles. The highest BCUT2D eigenvalue weighted by Gasteiger charge is 2.09. The molecule has 3 aromatic rings. The highest BCUT2D eigenvalue weighted by Crippen LogP contribution is 2.20. The third kappa shape index (κ3) is 5.05. The van der Waals surface area contributed by atoms with Gasteiger partial charge in [0.1, 0.15) is 5.75 Å². The van der Waals surface area contributed by atoms with Crippen LogP contribution in [0.5, 0.6) is 5.75 Å². The summed E-state index contributed by atoms with van der Waals surface area (Å²) < 4.78 is 12.3. The summed E-state index contributed by atoms with van der Waals surface area (Å²) in [6, 6.07) is 7.77. The number of hydrogen-bond acceptors (Lipinski definition) is 7. The van der Waals surface area contributed by atoms with Gasteiger partial charge in [-0.3, -0.25) is 0 Å². The monoisotopic (exact) mass is 411 g/mol. The molecule has 2 aromatic heterocycles. The van der Waals surface area contributed by atoms with E-state index >= 15 is 0 Å². The molecule has 5 nitrogen and oxygen atoms in total. The second-order valence-electron chi connectivity index (χ2n) is 4.65. The highest BCUT2D eigenvalue weighted by molar-refractivity contribution is 9.10. The quantitative estimate of drug-likeness (QED) is 0.425. The normalized spacial score (nSPS) is 10.9. The molecule has 0 saturated heterocycles. The average Bonchev–Trinajstić information content (AvgIpc) is 3.13. The number of nitrogens with zero attached hydrogens (tertiary/aromatic N) is 3. The van der Waals surface area contributed by atoms with Crippen molar-refractivity contribution >= 4 is 39.0 Å². The van der Waals surface area contributed by atoms with E-state index in [4.69, 9.17) is 9.15 Å². The van der Waals surface area contributed by atoms with Crippen molar-refractivity contribution in [2.45, 2.75) is 18.6 Å². The zero-order chi connectivity index (χ0) is 16.1. The molecule has 0 N–H and O–H groups in total. The summed E-state index contributed by atoms with van der Waals surface area (Å²) in [6.45, 7) is 2.55. The largest absolute Gasteiger partial charge is 0.493 e. The molecule has 2 heterocycles. The number of halogens is 1. The number of thioether (sulfide) groups is 1. The zero-order valence-electron chi connectivity index (χ0n) is 12.4. The maximum absolute atomic E-state index is 5.66. The van der Waals surface area contributed by atoms with Gasteiger partial charge in [-0.25, -0.2) is 4.98 Å². The maximum atomic E-state index is 5.66. The van der Waals surface area contributed by atoms with Gasteiger partial charge < -0.3 is 9.15 Å². The number of aryl methyl sites for hydroxylation is 1. The Balaban J connectivity index is 1.44. The molecule has 1 aromatic carbocycles. The van der Waals surface area contributed by atoms with Gasteiger partial charge in [-0.2, -0.15) is 0 Å². The van der Waals surface area contributed by atoms with Gasteiger partial charge >= 0.3 is 0 Å². The second-order valence-corrected chi connectivity index (χ2v) is 7.67. The van der Waals surface area contributed by atoms with Crippen LogP contribution in [0.3, 0.4) is 0 Å². The molecule has 0 amide bonds. The smallest absolute Gasteiger partial charge is 0.276 e. The first kappa shape index (κ1) is 16.5. The lowest BCUT2D eigenvalue weighted by molar-refractivity contribution is 0.342.